The molecule has 1 aromatic rings. The fourth-order valence-corrected chi connectivity index (χ4v) is 1.53. The number of nitriles is 1. The highest BCUT2D eigenvalue weighted by Gasteiger charge is 2.10. The van der Waals surface area contributed by atoms with Gasteiger partial charge in [-0.05, 0) is 17.7 Å². The zero-order valence-electron chi connectivity index (χ0n) is 7.77. The van der Waals surface area contributed by atoms with Crippen LogP contribution in [0.4, 0.5) is 0 Å². The van der Waals surface area contributed by atoms with E-state index in [1.165, 1.54) is 5.56 Å². The lowest BCUT2D eigenvalue weighted by atomic mass is 9.98. The number of nitrogens with zero attached hydrogens (tertiary/aromatic N) is 2. The van der Waals surface area contributed by atoms with Crippen LogP contribution in [-0.2, 0) is 0 Å². The van der Waals surface area contributed by atoms with Crippen LogP contribution in [0.25, 0.3) is 0 Å². The predicted molar refractivity (Wildman–Crippen MR) is 55.3 cm³/mol. The van der Waals surface area contributed by atoms with Crippen LogP contribution >= 0.6 is 0 Å². The number of hydrogen-bond donors (Lipinski definition) is 1. The lowest BCUT2D eigenvalue weighted by Crippen LogP contribution is -2.27. The Morgan fingerprint density at radius 3 is 2.71 bits per heavy atom. The molecule has 1 N–H and O–H groups in total. The number of hydrogen-bond acceptors (Lipinski definition) is 3. The van der Waals surface area contributed by atoms with Gasteiger partial charge in [0.2, 0.25) is 0 Å². The average molecular weight is 185 g/mol. The van der Waals surface area contributed by atoms with Crippen molar-refractivity contribution in [3.05, 3.63) is 35.4 Å². The van der Waals surface area contributed by atoms with E-state index in [1.54, 1.807) is 0 Å². The van der Waals surface area contributed by atoms with Crippen molar-refractivity contribution in [1.82, 2.24) is 5.32 Å². The summed E-state index contributed by atoms with van der Waals surface area (Å²) in [5.74, 6) is 0.344. The van der Waals surface area contributed by atoms with Crippen molar-refractivity contribution in [3.8, 4) is 6.07 Å². The smallest absolute Gasteiger partial charge is 0.0991 e. The third-order valence-electron chi connectivity index (χ3n) is 2.32. The summed E-state index contributed by atoms with van der Waals surface area (Å²) in [6, 6.07) is 9.77. The Kier molecular flexibility index (Phi) is 2.57. The number of nitrogens with one attached hydrogen (secondary N) is 1. The third kappa shape index (κ3) is 1.81. The van der Waals surface area contributed by atoms with E-state index in [1.807, 2.05) is 30.5 Å². The van der Waals surface area contributed by atoms with E-state index >= 15 is 0 Å². The predicted octanol–water partition coefficient (Wildman–Crippen LogP) is 1.27. The molecule has 1 unspecified atom stereocenters. The Morgan fingerprint density at radius 1 is 1.36 bits per heavy atom. The number of rotatable bonds is 1. The van der Waals surface area contributed by atoms with Gasteiger partial charge in [0.25, 0.3) is 0 Å². The maximum atomic E-state index is 8.65. The van der Waals surface area contributed by atoms with E-state index in [2.05, 4.69) is 16.4 Å². The van der Waals surface area contributed by atoms with Crippen LogP contribution < -0.4 is 5.32 Å². The van der Waals surface area contributed by atoms with Gasteiger partial charge >= 0.3 is 0 Å². The Bertz CT molecular complexity index is 373. The molecule has 0 saturated carbocycles. The molecule has 0 spiro atoms. The molecular formula is C11H11N3. The molecule has 2 rings (SSSR count). The molecule has 1 aromatic carbocycles. The molecule has 70 valence electrons. The van der Waals surface area contributed by atoms with Crippen molar-refractivity contribution >= 4 is 6.21 Å². The van der Waals surface area contributed by atoms with Crippen molar-refractivity contribution in [3.63, 3.8) is 0 Å². The molecule has 3 heteroatoms. The van der Waals surface area contributed by atoms with Crippen LogP contribution in [0.15, 0.2) is 29.3 Å². The summed E-state index contributed by atoms with van der Waals surface area (Å²) in [5, 5.41) is 11.8. The summed E-state index contributed by atoms with van der Waals surface area (Å²) in [5.41, 5.74) is 1.91. The summed E-state index contributed by atoms with van der Waals surface area (Å²) >= 11 is 0. The van der Waals surface area contributed by atoms with Gasteiger partial charge < -0.3 is 0 Å². The van der Waals surface area contributed by atoms with E-state index in [9.17, 15) is 0 Å². The Balaban J connectivity index is 2.20. The first-order valence-electron chi connectivity index (χ1n) is 4.61. The molecule has 14 heavy (non-hydrogen) atoms. The Morgan fingerprint density at radius 2 is 2.14 bits per heavy atom. The van der Waals surface area contributed by atoms with Crippen LogP contribution in [0.2, 0.25) is 0 Å². The van der Waals surface area contributed by atoms with E-state index < -0.39 is 0 Å². The lowest BCUT2D eigenvalue weighted by molar-refractivity contribution is 0.652. The van der Waals surface area contributed by atoms with E-state index in [0.717, 1.165) is 6.54 Å². The molecule has 0 fully saturated rings. The van der Waals surface area contributed by atoms with Gasteiger partial charge in [-0.1, -0.05) is 12.1 Å². The summed E-state index contributed by atoms with van der Waals surface area (Å²) in [7, 11) is 0. The molecule has 3 nitrogen and oxygen atoms in total. The molecule has 1 atom stereocenters. The highest BCUT2D eigenvalue weighted by Crippen LogP contribution is 2.15. The van der Waals surface area contributed by atoms with Crippen LogP contribution in [0.5, 0.6) is 0 Å². The van der Waals surface area contributed by atoms with Gasteiger partial charge in [0.15, 0.2) is 0 Å². The van der Waals surface area contributed by atoms with Crippen LogP contribution in [0, 0.1) is 11.3 Å². The Hall–Kier alpha value is -1.66. The first-order chi connectivity index (χ1) is 6.90. The number of aliphatic imine (C=N–C) groups is 1. The molecule has 0 saturated heterocycles. The van der Waals surface area contributed by atoms with Gasteiger partial charge in [0.05, 0.1) is 18.3 Å². The normalized spacial score (nSPS) is 20.4. The van der Waals surface area contributed by atoms with E-state index in [0.29, 0.717) is 18.2 Å². The molecule has 0 aliphatic carbocycles. The Labute approximate surface area is 83.1 Å². The fourth-order valence-electron chi connectivity index (χ4n) is 1.53. The molecule has 0 bridgehead atoms. The second kappa shape index (κ2) is 4.03. The zero-order chi connectivity index (χ0) is 9.80. The van der Waals surface area contributed by atoms with Gasteiger partial charge in [-0.25, -0.2) is 0 Å². The molecule has 0 amide bonds. The lowest BCUT2D eigenvalue weighted by Gasteiger charge is -2.16. The third-order valence-corrected chi connectivity index (χ3v) is 2.32. The SMILES string of the molecule is N#Cc1ccc(C2C=NCNC2)cc1. The minimum Gasteiger partial charge on any atom is -0.297 e. The topological polar surface area (TPSA) is 48.2 Å². The maximum absolute atomic E-state index is 8.65. The van der Waals surface area contributed by atoms with Gasteiger partial charge in [-0.2, -0.15) is 5.26 Å². The summed E-state index contributed by atoms with van der Waals surface area (Å²) in [4.78, 5) is 4.18. The minimum atomic E-state index is 0.344. The van der Waals surface area contributed by atoms with Crippen molar-refractivity contribution < 1.29 is 0 Å². The zero-order valence-corrected chi connectivity index (χ0v) is 7.77. The largest absolute Gasteiger partial charge is 0.297 e. The van der Waals surface area contributed by atoms with Crippen LogP contribution in [0.3, 0.4) is 0 Å². The average Bonchev–Trinajstić information content (AvgIpc) is 2.30. The monoisotopic (exact) mass is 185 g/mol. The molecule has 1 heterocycles. The number of benzene rings is 1. The van der Waals surface area contributed by atoms with Crippen LogP contribution in [0.1, 0.15) is 17.0 Å². The van der Waals surface area contributed by atoms with Crippen molar-refractivity contribution in [2.75, 3.05) is 13.2 Å². The molecule has 0 aromatic heterocycles. The first kappa shape index (κ1) is 8.92. The second-order valence-corrected chi connectivity index (χ2v) is 3.28. The minimum absolute atomic E-state index is 0.344. The molecular weight excluding hydrogens is 174 g/mol. The summed E-state index contributed by atoms with van der Waals surface area (Å²) in [6.45, 7) is 1.64. The highest BCUT2D eigenvalue weighted by molar-refractivity contribution is 5.69. The molecule has 0 radical (unpaired) electrons. The van der Waals surface area contributed by atoms with Gasteiger partial charge in [0.1, 0.15) is 0 Å². The first-order valence-corrected chi connectivity index (χ1v) is 4.61. The summed E-state index contributed by atoms with van der Waals surface area (Å²) < 4.78 is 0. The van der Waals surface area contributed by atoms with Crippen molar-refractivity contribution in [1.29, 1.82) is 5.26 Å². The van der Waals surface area contributed by atoms with Gasteiger partial charge in [-0.15, -0.1) is 0 Å². The van der Waals surface area contributed by atoms with E-state index in [4.69, 9.17) is 5.26 Å². The maximum Gasteiger partial charge on any atom is 0.0991 e. The van der Waals surface area contributed by atoms with E-state index in [-0.39, 0.29) is 0 Å². The van der Waals surface area contributed by atoms with Crippen molar-refractivity contribution in [2.24, 2.45) is 4.99 Å². The molecule has 1 aliphatic heterocycles. The second-order valence-electron chi connectivity index (χ2n) is 3.28. The summed E-state index contributed by atoms with van der Waals surface area (Å²) in [6.07, 6.45) is 1.97. The molecule has 1 aliphatic rings. The van der Waals surface area contributed by atoms with Crippen LogP contribution in [-0.4, -0.2) is 19.4 Å². The standard InChI is InChI=1S/C11H11N3/c12-5-9-1-3-10(4-2-9)11-6-13-8-14-7-11/h1-4,6,11,14H,7-8H2. The quantitative estimate of drug-likeness (QED) is 0.716. The highest BCUT2D eigenvalue weighted by atomic mass is 15.0. The van der Waals surface area contributed by atoms with Gasteiger partial charge in [-0.3, -0.25) is 10.3 Å². The fraction of sp³-hybridized carbons (Fsp3) is 0.273. The van der Waals surface area contributed by atoms with Gasteiger partial charge in [0, 0.05) is 18.7 Å². The van der Waals surface area contributed by atoms with Crippen molar-refractivity contribution in [2.45, 2.75) is 5.92 Å².